The molecule has 0 spiro atoms. The summed E-state index contributed by atoms with van der Waals surface area (Å²) in [6.07, 6.45) is -1.64. The zero-order chi connectivity index (χ0) is 15.0. The average Bonchev–Trinajstić information content (AvgIpc) is 2.44. The van der Waals surface area contributed by atoms with Crippen LogP contribution in [0.15, 0.2) is 23.2 Å². The second-order valence-corrected chi connectivity index (χ2v) is 4.32. The lowest BCUT2D eigenvalue weighted by molar-refractivity contribution is 0.152. The van der Waals surface area contributed by atoms with Gasteiger partial charge >= 0.3 is 0 Å². The van der Waals surface area contributed by atoms with Gasteiger partial charge in [-0.3, -0.25) is 4.99 Å². The number of hydrogen-bond donors (Lipinski definition) is 2. The lowest BCUT2D eigenvalue weighted by Gasteiger charge is -2.12. The molecule has 1 rings (SSSR count). The third-order valence-corrected chi connectivity index (χ3v) is 2.83. The molecule has 0 aliphatic rings. The highest BCUT2D eigenvalue weighted by Crippen LogP contribution is 2.18. The fraction of sp³-hybridized carbons (Fsp3) is 0.500. The van der Waals surface area contributed by atoms with Crippen molar-refractivity contribution < 1.29 is 13.5 Å². The summed E-state index contributed by atoms with van der Waals surface area (Å²) in [6.45, 7) is 2.18. The summed E-state index contributed by atoms with van der Waals surface area (Å²) < 4.78 is 29.4. The molecule has 0 aliphatic carbocycles. The van der Waals surface area contributed by atoms with Crippen LogP contribution in [0.4, 0.5) is 8.78 Å². The maximum atomic E-state index is 12.1. The average molecular weight is 285 g/mol. The largest absolute Gasteiger partial charge is 0.496 e. The van der Waals surface area contributed by atoms with E-state index >= 15 is 0 Å². The molecule has 0 amide bonds. The van der Waals surface area contributed by atoms with Crippen molar-refractivity contribution in [2.75, 3.05) is 27.2 Å². The first kappa shape index (κ1) is 16.2. The Labute approximate surface area is 118 Å². The van der Waals surface area contributed by atoms with Crippen molar-refractivity contribution in [2.45, 2.75) is 19.8 Å². The molecule has 2 N–H and O–H groups in total. The van der Waals surface area contributed by atoms with Gasteiger partial charge in [0.05, 0.1) is 13.7 Å². The molecule has 1 aromatic carbocycles. The molecule has 20 heavy (non-hydrogen) atoms. The Hall–Kier alpha value is -1.85. The van der Waals surface area contributed by atoms with Gasteiger partial charge in [0, 0.05) is 13.6 Å². The minimum absolute atomic E-state index is 0.379. The molecule has 0 aromatic heterocycles. The predicted octanol–water partition coefficient (Wildman–Crippen LogP) is 1.98. The summed E-state index contributed by atoms with van der Waals surface area (Å²) in [6, 6.07) is 6.00. The maximum absolute atomic E-state index is 12.1. The number of ether oxygens (including phenoxy) is 1. The van der Waals surface area contributed by atoms with Gasteiger partial charge < -0.3 is 15.4 Å². The third kappa shape index (κ3) is 5.42. The normalized spacial score (nSPS) is 11.6. The van der Waals surface area contributed by atoms with Gasteiger partial charge in [0.15, 0.2) is 5.96 Å². The fourth-order valence-electron chi connectivity index (χ4n) is 1.74. The van der Waals surface area contributed by atoms with E-state index in [0.29, 0.717) is 12.5 Å². The first-order valence-electron chi connectivity index (χ1n) is 6.43. The number of nitrogens with one attached hydrogen (secondary N) is 2. The van der Waals surface area contributed by atoms with E-state index in [-0.39, 0.29) is 0 Å². The SMILES string of the molecule is CN=C(NCCc1ccc(C)c(OC)c1)NCC(F)F. The fourth-order valence-corrected chi connectivity index (χ4v) is 1.74. The second-order valence-electron chi connectivity index (χ2n) is 4.32. The predicted molar refractivity (Wildman–Crippen MR) is 76.8 cm³/mol. The Bertz CT molecular complexity index is 450. The molecule has 0 atom stereocenters. The van der Waals surface area contributed by atoms with E-state index in [2.05, 4.69) is 15.6 Å². The Morgan fingerprint density at radius 3 is 2.70 bits per heavy atom. The van der Waals surface area contributed by atoms with E-state index in [9.17, 15) is 8.78 Å². The van der Waals surface area contributed by atoms with Crippen LogP contribution in [0.3, 0.4) is 0 Å². The van der Waals surface area contributed by atoms with Crippen LogP contribution in [0.2, 0.25) is 0 Å². The first-order valence-corrected chi connectivity index (χ1v) is 6.43. The number of alkyl halides is 2. The van der Waals surface area contributed by atoms with Gasteiger partial charge in [-0.05, 0) is 30.5 Å². The van der Waals surface area contributed by atoms with Crippen molar-refractivity contribution in [3.05, 3.63) is 29.3 Å². The van der Waals surface area contributed by atoms with Crippen molar-refractivity contribution in [1.29, 1.82) is 0 Å². The van der Waals surface area contributed by atoms with Crippen LogP contribution < -0.4 is 15.4 Å². The summed E-state index contributed by atoms with van der Waals surface area (Å²) in [7, 11) is 3.19. The first-order chi connectivity index (χ1) is 9.56. The number of guanidine groups is 1. The quantitative estimate of drug-likeness (QED) is 0.620. The summed E-state index contributed by atoms with van der Waals surface area (Å²) in [5, 5.41) is 5.54. The molecule has 0 aliphatic heterocycles. The number of rotatable bonds is 6. The molecule has 6 heteroatoms. The molecule has 0 heterocycles. The van der Waals surface area contributed by atoms with Gasteiger partial charge in [0.1, 0.15) is 5.75 Å². The molecule has 4 nitrogen and oxygen atoms in total. The highest BCUT2D eigenvalue weighted by molar-refractivity contribution is 5.79. The van der Waals surface area contributed by atoms with E-state index in [1.807, 2.05) is 25.1 Å². The molecular formula is C14H21F2N3O. The molecule has 112 valence electrons. The Morgan fingerprint density at radius 2 is 2.10 bits per heavy atom. The zero-order valence-corrected chi connectivity index (χ0v) is 12.0. The van der Waals surface area contributed by atoms with Crippen molar-refractivity contribution >= 4 is 5.96 Å². The summed E-state index contributed by atoms with van der Waals surface area (Å²) >= 11 is 0. The maximum Gasteiger partial charge on any atom is 0.255 e. The van der Waals surface area contributed by atoms with Crippen LogP contribution in [-0.4, -0.2) is 39.6 Å². The highest BCUT2D eigenvalue weighted by atomic mass is 19.3. The molecule has 1 aromatic rings. The molecule has 0 radical (unpaired) electrons. The third-order valence-electron chi connectivity index (χ3n) is 2.83. The Morgan fingerprint density at radius 1 is 1.35 bits per heavy atom. The number of aliphatic imine (C=N–C) groups is 1. The zero-order valence-electron chi connectivity index (χ0n) is 12.0. The van der Waals surface area contributed by atoms with Crippen LogP contribution in [0.25, 0.3) is 0 Å². The van der Waals surface area contributed by atoms with Crippen LogP contribution in [-0.2, 0) is 6.42 Å². The minimum atomic E-state index is -2.39. The van der Waals surface area contributed by atoms with Gasteiger partial charge in [-0.1, -0.05) is 12.1 Å². The molecule has 0 saturated carbocycles. The van der Waals surface area contributed by atoms with Gasteiger partial charge in [0.2, 0.25) is 0 Å². The number of benzene rings is 1. The lowest BCUT2D eigenvalue weighted by atomic mass is 10.1. The van der Waals surface area contributed by atoms with E-state index in [1.165, 1.54) is 0 Å². The van der Waals surface area contributed by atoms with Crippen LogP contribution in [0.5, 0.6) is 5.75 Å². The molecule has 0 unspecified atom stereocenters. The van der Waals surface area contributed by atoms with Gasteiger partial charge in [-0.25, -0.2) is 8.78 Å². The number of methoxy groups -OCH3 is 1. The molecule has 0 fully saturated rings. The van der Waals surface area contributed by atoms with E-state index < -0.39 is 13.0 Å². The smallest absolute Gasteiger partial charge is 0.255 e. The van der Waals surface area contributed by atoms with E-state index in [1.54, 1.807) is 14.2 Å². The number of hydrogen-bond acceptors (Lipinski definition) is 2. The van der Waals surface area contributed by atoms with E-state index in [0.717, 1.165) is 23.3 Å². The minimum Gasteiger partial charge on any atom is -0.496 e. The van der Waals surface area contributed by atoms with Gasteiger partial charge in [-0.2, -0.15) is 0 Å². The molecule has 0 bridgehead atoms. The standard InChI is InChI=1S/C14H21F2N3O/c1-10-4-5-11(8-12(10)20-3)6-7-18-14(17-2)19-9-13(15)16/h4-5,8,13H,6-7,9H2,1-3H3,(H2,17,18,19). The molecule has 0 saturated heterocycles. The van der Waals surface area contributed by atoms with Crippen LogP contribution in [0.1, 0.15) is 11.1 Å². The van der Waals surface area contributed by atoms with Crippen molar-refractivity contribution in [3.63, 3.8) is 0 Å². The van der Waals surface area contributed by atoms with Crippen molar-refractivity contribution in [1.82, 2.24) is 10.6 Å². The van der Waals surface area contributed by atoms with E-state index in [4.69, 9.17) is 4.74 Å². The number of nitrogens with zero attached hydrogens (tertiary/aromatic N) is 1. The van der Waals surface area contributed by atoms with Crippen molar-refractivity contribution in [2.24, 2.45) is 4.99 Å². The van der Waals surface area contributed by atoms with Gasteiger partial charge in [-0.15, -0.1) is 0 Å². The number of aryl methyl sites for hydroxylation is 1. The summed E-state index contributed by atoms with van der Waals surface area (Å²) in [4.78, 5) is 3.88. The highest BCUT2D eigenvalue weighted by Gasteiger charge is 2.04. The topological polar surface area (TPSA) is 45.7 Å². The Kier molecular flexibility index (Phi) is 6.76. The summed E-state index contributed by atoms with van der Waals surface area (Å²) in [5.41, 5.74) is 2.20. The Balaban J connectivity index is 2.43. The second kappa shape index (κ2) is 8.35. The molecular weight excluding hydrogens is 264 g/mol. The summed E-state index contributed by atoms with van der Waals surface area (Å²) in [5.74, 6) is 1.23. The van der Waals surface area contributed by atoms with Crippen LogP contribution in [0, 0.1) is 6.92 Å². The van der Waals surface area contributed by atoms with Crippen molar-refractivity contribution in [3.8, 4) is 5.75 Å². The number of halogens is 2. The monoisotopic (exact) mass is 285 g/mol. The van der Waals surface area contributed by atoms with Gasteiger partial charge in [0.25, 0.3) is 6.43 Å². The lowest BCUT2D eigenvalue weighted by Crippen LogP contribution is -2.40. The van der Waals surface area contributed by atoms with Crippen LogP contribution >= 0.6 is 0 Å².